The maximum atomic E-state index is 13.0. The number of aliphatic hydroxyl groups excluding tert-OH is 1. The largest absolute Gasteiger partial charge is 0.386 e. The summed E-state index contributed by atoms with van der Waals surface area (Å²) in [7, 11) is 1.72. The first kappa shape index (κ1) is 14.1. The molecule has 0 aliphatic rings. The van der Waals surface area contributed by atoms with Crippen LogP contribution in [0.25, 0.3) is 0 Å². The highest BCUT2D eigenvalue weighted by Crippen LogP contribution is 2.38. The van der Waals surface area contributed by atoms with Crippen molar-refractivity contribution in [1.82, 2.24) is 15.0 Å². The lowest BCUT2D eigenvalue weighted by Gasteiger charge is -2.31. The third-order valence-electron chi connectivity index (χ3n) is 3.36. The summed E-state index contributed by atoms with van der Waals surface area (Å²) in [6.07, 6.45) is -0.813. The number of aliphatic hydroxyl groups is 1. The Morgan fingerprint density at radius 1 is 1.32 bits per heavy atom. The summed E-state index contributed by atoms with van der Waals surface area (Å²) in [5, 5.41) is 18.3. The molecule has 1 heterocycles. The summed E-state index contributed by atoms with van der Waals surface area (Å²) in [5.41, 5.74) is 0.843. The van der Waals surface area contributed by atoms with Crippen molar-refractivity contribution in [2.45, 2.75) is 25.4 Å². The van der Waals surface area contributed by atoms with E-state index in [2.05, 4.69) is 26.2 Å². The highest BCUT2D eigenvalue weighted by molar-refractivity contribution is 9.10. The van der Waals surface area contributed by atoms with E-state index < -0.39 is 11.5 Å². The number of aryl methyl sites for hydroxylation is 1. The quantitative estimate of drug-likeness (QED) is 0.943. The molecule has 0 saturated heterocycles. The number of nitrogens with zero attached hydrogens (tertiary/aromatic N) is 3. The topological polar surface area (TPSA) is 50.9 Å². The molecule has 1 unspecified atom stereocenters. The summed E-state index contributed by atoms with van der Waals surface area (Å²) in [5.74, 6) is -0.294. The van der Waals surface area contributed by atoms with Crippen LogP contribution in [0.2, 0.25) is 0 Å². The van der Waals surface area contributed by atoms with Gasteiger partial charge in [-0.05, 0) is 33.6 Å². The van der Waals surface area contributed by atoms with Gasteiger partial charge < -0.3 is 5.11 Å². The fourth-order valence-electron chi connectivity index (χ4n) is 2.01. The van der Waals surface area contributed by atoms with Crippen molar-refractivity contribution >= 4 is 15.9 Å². The smallest absolute Gasteiger partial charge is 0.154 e. The Bertz CT molecular complexity index is 561. The van der Waals surface area contributed by atoms with E-state index in [1.165, 1.54) is 16.8 Å². The van der Waals surface area contributed by atoms with Crippen molar-refractivity contribution in [3.05, 3.63) is 45.9 Å². The van der Waals surface area contributed by atoms with Crippen LogP contribution in [-0.2, 0) is 12.5 Å². The summed E-state index contributed by atoms with van der Waals surface area (Å²) < 4.78 is 15.0. The van der Waals surface area contributed by atoms with Crippen LogP contribution in [0.4, 0.5) is 4.39 Å². The Balaban J connectivity index is 2.41. The van der Waals surface area contributed by atoms with Gasteiger partial charge in [-0.2, -0.15) is 0 Å². The number of hydrogen-bond acceptors (Lipinski definition) is 3. The summed E-state index contributed by atoms with van der Waals surface area (Å²) in [4.78, 5) is 0. The normalized spacial score (nSPS) is 13.6. The fourth-order valence-corrected chi connectivity index (χ4v) is 2.55. The van der Waals surface area contributed by atoms with Crippen molar-refractivity contribution in [3.8, 4) is 0 Å². The van der Waals surface area contributed by atoms with Gasteiger partial charge in [-0.15, -0.1) is 5.10 Å². The van der Waals surface area contributed by atoms with Crippen molar-refractivity contribution in [2.24, 2.45) is 7.05 Å². The van der Waals surface area contributed by atoms with Gasteiger partial charge in [0.15, 0.2) is 4.60 Å². The van der Waals surface area contributed by atoms with E-state index in [1.54, 1.807) is 19.2 Å². The maximum absolute atomic E-state index is 13.0. The second-order valence-electron chi connectivity index (χ2n) is 5.02. The van der Waals surface area contributed by atoms with E-state index in [4.69, 9.17) is 0 Å². The molecular weight excluding hydrogens is 313 g/mol. The summed E-state index contributed by atoms with van der Waals surface area (Å²) in [6, 6.07) is 6.13. The van der Waals surface area contributed by atoms with Gasteiger partial charge >= 0.3 is 0 Å². The van der Waals surface area contributed by atoms with Gasteiger partial charge in [0.1, 0.15) is 17.6 Å². The molecule has 0 fully saturated rings. The molecule has 0 aliphatic heterocycles. The van der Waals surface area contributed by atoms with Crippen LogP contribution < -0.4 is 0 Å². The lowest BCUT2D eigenvalue weighted by Crippen LogP contribution is -2.28. The van der Waals surface area contributed by atoms with E-state index >= 15 is 0 Å². The maximum Gasteiger partial charge on any atom is 0.154 e. The summed E-state index contributed by atoms with van der Waals surface area (Å²) in [6.45, 7) is 3.79. The van der Waals surface area contributed by atoms with E-state index in [-0.39, 0.29) is 5.82 Å². The molecule has 0 saturated carbocycles. The molecule has 2 rings (SSSR count). The average molecular weight is 328 g/mol. The Morgan fingerprint density at radius 3 is 2.37 bits per heavy atom. The van der Waals surface area contributed by atoms with Crippen LogP contribution in [0.3, 0.4) is 0 Å². The van der Waals surface area contributed by atoms with Gasteiger partial charge in [0.25, 0.3) is 0 Å². The number of hydrogen-bond donors (Lipinski definition) is 1. The Hall–Kier alpha value is -1.27. The first-order valence-corrected chi connectivity index (χ1v) is 6.62. The Morgan fingerprint density at radius 2 is 1.89 bits per heavy atom. The molecule has 1 N–H and O–H groups in total. The molecule has 102 valence electrons. The highest BCUT2D eigenvalue weighted by atomic mass is 79.9. The van der Waals surface area contributed by atoms with Gasteiger partial charge in [0, 0.05) is 12.5 Å². The van der Waals surface area contributed by atoms with Crippen LogP contribution in [-0.4, -0.2) is 20.1 Å². The molecule has 1 aromatic heterocycles. The Labute approximate surface area is 119 Å². The Kier molecular flexibility index (Phi) is 3.73. The molecule has 0 aliphatic carbocycles. The van der Waals surface area contributed by atoms with Crippen LogP contribution in [0.1, 0.15) is 31.2 Å². The molecule has 0 radical (unpaired) electrons. The molecule has 6 heteroatoms. The number of aromatic nitrogens is 3. The lowest BCUT2D eigenvalue weighted by molar-refractivity contribution is 0.0915. The number of halogens is 2. The molecule has 4 nitrogen and oxygen atoms in total. The van der Waals surface area contributed by atoms with Gasteiger partial charge in [-0.25, -0.2) is 9.07 Å². The van der Waals surface area contributed by atoms with Crippen molar-refractivity contribution in [3.63, 3.8) is 0 Å². The second-order valence-corrected chi connectivity index (χ2v) is 5.77. The minimum Gasteiger partial charge on any atom is -0.386 e. The van der Waals surface area contributed by atoms with E-state index in [9.17, 15) is 9.50 Å². The molecular formula is C13H15BrFN3O. The van der Waals surface area contributed by atoms with E-state index in [0.717, 1.165) is 5.56 Å². The van der Waals surface area contributed by atoms with Crippen LogP contribution in [0.5, 0.6) is 0 Å². The molecule has 0 spiro atoms. The number of rotatable bonds is 3. The predicted octanol–water partition coefficient (Wildman–Crippen LogP) is 2.73. The summed E-state index contributed by atoms with van der Waals surface area (Å²) >= 11 is 3.28. The molecule has 2 aromatic rings. The van der Waals surface area contributed by atoms with E-state index in [1.807, 2.05) is 13.8 Å². The molecule has 1 aromatic carbocycles. The first-order chi connectivity index (χ1) is 8.84. The fraction of sp³-hybridized carbons (Fsp3) is 0.385. The zero-order valence-electron chi connectivity index (χ0n) is 10.9. The minimum atomic E-state index is -0.813. The number of benzene rings is 1. The van der Waals surface area contributed by atoms with Crippen LogP contribution in [0, 0.1) is 5.82 Å². The van der Waals surface area contributed by atoms with Crippen LogP contribution >= 0.6 is 15.9 Å². The predicted molar refractivity (Wildman–Crippen MR) is 73.1 cm³/mol. The zero-order valence-corrected chi connectivity index (χ0v) is 12.5. The third-order valence-corrected chi connectivity index (χ3v) is 3.92. The molecule has 0 amide bonds. The zero-order chi connectivity index (χ0) is 14.2. The van der Waals surface area contributed by atoms with Gasteiger partial charge in [0.05, 0.1) is 0 Å². The van der Waals surface area contributed by atoms with Gasteiger partial charge in [-0.3, -0.25) is 0 Å². The highest BCUT2D eigenvalue weighted by Gasteiger charge is 2.34. The SMILES string of the molecule is Cn1nnc(Br)c1C(O)C(C)(C)c1ccc(F)cc1. The second kappa shape index (κ2) is 5.02. The molecule has 0 bridgehead atoms. The van der Waals surface area contributed by atoms with Gasteiger partial charge in [0.2, 0.25) is 0 Å². The van der Waals surface area contributed by atoms with Crippen LogP contribution in [0.15, 0.2) is 28.9 Å². The molecule has 1 atom stereocenters. The van der Waals surface area contributed by atoms with Gasteiger partial charge in [-0.1, -0.05) is 31.2 Å². The third kappa shape index (κ3) is 2.55. The first-order valence-electron chi connectivity index (χ1n) is 5.83. The monoisotopic (exact) mass is 327 g/mol. The van der Waals surface area contributed by atoms with Crippen molar-refractivity contribution in [2.75, 3.05) is 0 Å². The van der Waals surface area contributed by atoms with E-state index in [0.29, 0.717) is 10.3 Å². The van der Waals surface area contributed by atoms with Crippen molar-refractivity contribution in [1.29, 1.82) is 0 Å². The minimum absolute atomic E-state index is 0.294. The lowest BCUT2D eigenvalue weighted by atomic mass is 9.78. The standard InChI is InChI=1S/C13H15BrFN3O/c1-13(2,8-4-6-9(15)7-5-8)11(19)10-12(14)16-17-18(10)3/h4-7,11,19H,1-3H3. The molecule has 19 heavy (non-hydrogen) atoms. The average Bonchev–Trinajstić information content (AvgIpc) is 2.68. The van der Waals surface area contributed by atoms with Crippen molar-refractivity contribution < 1.29 is 9.50 Å².